The Hall–Kier alpha value is -5.30. The number of rotatable bonds is 7. The summed E-state index contributed by atoms with van der Waals surface area (Å²) in [5.74, 6) is 2.60. The summed E-state index contributed by atoms with van der Waals surface area (Å²) in [7, 11) is 0. The fourth-order valence-electron chi connectivity index (χ4n) is 5.37. The predicted molar refractivity (Wildman–Crippen MR) is 166 cm³/mol. The molecular formula is C31H32N10O3. The van der Waals surface area contributed by atoms with Gasteiger partial charge in [0.1, 0.15) is 36.3 Å². The van der Waals surface area contributed by atoms with Crippen LogP contribution in [0.4, 0.5) is 17.3 Å². The van der Waals surface area contributed by atoms with Crippen molar-refractivity contribution in [1.29, 1.82) is 0 Å². The van der Waals surface area contributed by atoms with E-state index < -0.39 is 20.5 Å². The zero-order valence-electron chi connectivity index (χ0n) is 29.7. The molecule has 13 heteroatoms. The highest BCUT2D eigenvalue weighted by atomic mass is 16.5. The van der Waals surface area contributed by atoms with E-state index in [0.717, 1.165) is 11.3 Å². The zero-order valence-corrected chi connectivity index (χ0v) is 23.7. The number of amides is 1. The van der Waals surface area contributed by atoms with E-state index in [2.05, 4.69) is 30.3 Å². The monoisotopic (exact) mass is 598 g/mol. The van der Waals surface area contributed by atoms with Crippen molar-refractivity contribution in [2.75, 3.05) is 57.0 Å². The number of aromatic nitrogens is 6. The molecule has 7 rings (SSSR count). The summed E-state index contributed by atoms with van der Waals surface area (Å²) in [6.45, 7) is -2.70. The maximum Gasteiger partial charge on any atom is 0.246 e. The van der Waals surface area contributed by atoms with Gasteiger partial charge in [0.15, 0.2) is 23.0 Å². The molecule has 0 aliphatic carbocycles. The van der Waals surface area contributed by atoms with Gasteiger partial charge in [-0.15, -0.1) is 0 Å². The van der Waals surface area contributed by atoms with Crippen LogP contribution in [0.15, 0.2) is 67.4 Å². The molecule has 2 bridgehead atoms. The molecule has 13 nitrogen and oxygen atoms in total. The number of piperazine rings is 1. The maximum absolute atomic E-state index is 13.2. The van der Waals surface area contributed by atoms with Gasteiger partial charge in [-0.2, -0.15) is 5.10 Å². The molecule has 0 unspecified atom stereocenters. The van der Waals surface area contributed by atoms with Crippen molar-refractivity contribution in [3.63, 3.8) is 0 Å². The second-order valence-electron chi connectivity index (χ2n) is 10.5. The lowest BCUT2D eigenvalue weighted by molar-refractivity contribution is -0.129. The minimum absolute atomic E-state index is 0.198. The molecule has 0 saturated carbocycles. The quantitative estimate of drug-likeness (QED) is 0.277. The normalized spacial score (nSPS) is 18.9. The number of ether oxygens (including phenoxy) is 2. The van der Waals surface area contributed by atoms with Gasteiger partial charge in [-0.3, -0.25) is 4.79 Å². The molecule has 6 heterocycles. The van der Waals surface area contributed by atoms with Gasteiger partial charge in [0.25, 0.3) is 0 Å². The van der Waals surface area contributed by atoms with Crippen molar-refractivity contribution in [3.05, 3.63) is 73.0 Å². The van der Waals surface area contributed by atoms with Crippen molar-refractivity contribution in [3.8, 4) is 17.2 Å². The SMILES string of the molecule is [2H]C([2H])([2H])N(C/C=C/C(=O)N1CCN2C[C@H]1COc1cc3ncnc(Nc4ccc(Oc5ccn6ncnc6c5)c(C)c4)c3nc12)C([2H])([2H])[2H]. The standard InChI is InChI=1S/C31H32N10O3/c1-20-13-21(6-7-25(20)44-23-8-10-41-27(14-23)33-19-35-41)36-30-29-24(32-18-34-30)15-26-31(37-29)39-11-12-40(22(16-39)17-43-26)28(42)5-4-9-38(2)3/h4-8,10,13-15,18-19,22H,9,11-12,16-17H2,1-3H3,(H,32,34,36)/b5-4+/t22-/m0/s1/i2D3,3D3. The average molecular weight is 599 g/mol. The summed E-state index contributed by atoms with van der Waals surface area (Å²) in [6, 6.07) is 10.8. The Morgan fingerprint density at radius 1 is 1.18 bits per heavy atom. The fraction of sp³-hybridized carbons (Fsp3) is 0.290. The molecule has 2 aliphatic heterocycles. The lowest BCUT2D eigenvalue weighted by atomic mass is 10.1. The molecule has 1 N–H and O–H groups in total. The Labute approximate surface area is 262 Å². The van der Waals surface area contributed by atoms with Crippen LogP contribution in [0.5, 0.6) is 17.2 Å². The predicted octanol–water partition coefficient (Wildman–Crippen LogP) is 3.44. The molecule has 1 fully saturated rings. The number of nitrogens with one attached hydrogen (secondary N) is 1. The number of anilines is 3. The maximum atomic E-state index is 13.2. The number of benzene rings is 1. The van der Waals surface area contributed by atoms with Gasteiger partial charge in [-0.25, -0.2) is 24.5 Å². The van der Waals surface area contributed by atoms with E-state index in [9.17, 15) is 4.79 Å². The molecule has 0 spiro atoms. The molecule has 1 saturated heterocycles. The van der Waals surface area contributed by atoms with Gasteiger partial charge < -0.3 is 29.5 Å². The van der Waals surface area contributed by atoms with Crippen LogP contribution in [-0.2, 0) is 4.79 Å². The smallest absolute Gasteiger partial charge is 0.246 e. The summed E-state index contributed by atoms with van der Waals surface area (Å²) < 4.78 is 59.0. The average Bonchev–Trinajstić information content (AvgIpc) is 3.48. The van der Waals surface area contributed by atoms with Gasteiger partial charge in [-0.1, -0.05) is 6.08 Å². The molecular weight excluding hydrogens is 560 g/mol. The number of likely N-dealkylation sites (N-methyl/N-ethyl adjacent to an activating group) is 1. The van der Waals surface area contributed by atoms with Crippen molar-refractivity contribution in [1.82, 2.24) is 39.3 Å². The second-order valence-corrected chi connectivity index (χ2v) is 10.5. The van der Waals surface area contributed by atoms with Gasteiger partial charge in [-0.05, 0) is 50.7 Å². The van der Waals surface area contributed by atoms with Crippen molar-refractivity contribution < 1.29 is 22.5 Å². The van der Waals surface area contributed by atoms with Crippen molar-refractivity contribution >= 4 is 39.9 Å². The Balaban J connectivity index is 1.06. The summed E-state index contributed by atoms with van der Waals surface area (Å²) >= 11 is 0. The topological polar surface area (TPSA) is 126 Å². The number of hydrogen-bond donors (Lipinski definition) is 1. The van der Waals surface area contributed by atoms with E-state index in [1.807, 2.05) is 43.3 Å². The van der Waals surface area contributed by atoms with Crippen LogP contribution in [-0.4, -0.2) is 98.0 Å². The van der Waals surface area contributed by atoms with E-state index in [1.54, 1.807) is 15.6 Å². The van der Waals surface area contributed by atoms with E-state index in [0.29, 0.717) is 70.1 Å². The second kappa shape index (κ2) is 11.4. The van der Waals surface area contributed by atoms with Crippen LogP contribution in [0.2, 0.25) is 0 Å². The number of aryl methyl sites for hydroxylation is 1. The highest BCUT2D eigenvalue weighted by molar-refractivity contribution is 5.90. The van der Waals surface area contributed by atoms with Crippen LogP contribution < -0.4 is 19.7 Å². The largest absolute Gasteiger partial charge is 0.487 e. The third kappa shape index (κ3) is 5.44. The van der Waals surface area contributed by atoms with Crippen molar-refractivity contribution in [2.45, 2.75) is 13.0 Å². The van der Waals surface area contributed by atoms with Crippen LogP contribution >= 0.6 is 0 Å². The number of nitrogens with zero attached hydrogens (tertiary/aromatic N) is 9. The molecule has 4 aromatic heterocycles. The molecule has 0 radical (unpaired) electrons. The Morgan fingerprint density at radius 3 is 3.00 bits per heavy atom. The minimum atomic E-state index is -2.84. The third-order valence-corrected chi connectivity index (χ3v) is 7.52. The lowest BCUT2D eigenvalue weighted by Gasteiger charge is -2.39. The van der Waals surface area contributed by atoms with Crippen LogP contribution in [0, 0.1) is 6.92 Å². The van der Waals surface area contributed by atoms with E-state index in [1.165, 1.54) is 24.8 Å². The molecule has 1 aromatic carbocycles. The summed E-state index contributed by atoms with van der Waals surface area (Å²) in [6.07, 6.45) is 7.20. The van der Waals surface area contributed by atoms with Crippen LogP contribution in [0.25, 0.3) is 16.7 Å². The Kier molecular flexibility index (Phi) is 5.55. The molecule has 1 amide bonds. The van der Waals surface area contributed by atoms with E-state index >= 15 is 0 Å². The lowest BCUT2D eigenvalue weighted by Crippen LogP contribution is -2.56. The Morgan fingerprint density at radius 2 is 2.11 bits per heavy atom. The first kappa shape index (κ1) is 21.4. The number of carbonyl (C=O) groups excluding carboxylic acids is 1. The minimum Gasteiger partial charge on any atom is -0.487 e. The first-order valence-corrected chi connectivity index (χ1v) is 14.0. The zero-order chi connectivity index (χ0) is 35.2. The van der Waals surface area contributed by atoms with Crippen LogP contribution in [0.1, 0.15) is 13.8 Å². The fourth-order valence-corrected chi connectivity index (χ4v) is 5.37. The number of hydrogen-bond acceptors (Lipinski definition) is 11. The van der Waals surface area contributed by atoms with E-state index in [-0.39, 0.29) is 18.6 Å². The number of pyridine rings is 2. The molecule has 2 aliphatic rings. The number of carbonyl (C=O) groups is 1. The van der Waals surface area contributed by atoms with E-state index in [4.69, 9.17) is 22.7 Å². The summed E-state index contributed by atoms with van der Waals surface area (Å²) in [5, 5.41) is 7.47. The summed E-state index contributed by atoms with van der Waals surface area (Å²) in [5.41, 5.74) is 3.46. The van der Waals surface area contributed by atoms with Crippen molar-refractivity contribution in [2.24, 2.45) is 0 Å². The molecule has 1 atom stereocenters. The highest BCUT2D eigenvalue weighted by Gasteiger charge is 2.35. The molecule has 44 heavy (non-hydrogen) atoms. The van der Waals surface area contributed by atoms with Crippen LogP contribution in [0.3, 0.4) is 0 Å². The summed E-state index contributed by atoms with van der Waals surface area (Å²) in [4.78, 5) is 35.3. The third-order valence-electron chi connectivity index (χ3n) is 7.52. The number of fused-ring (bicyclic) bond motifs is 6. The Bertz CT molecular complexity index is 2090. The van der Waals surface area contributed by atoms with Gasteiger partial charge in [0.2, 0.25) is 5.91 Å². The molecule has 5 aromatic rings. The van der Waals surface area contributed by atoms with Gasteiger partial charge in [0.05, 0.1) is 11.6 Å². The van der Waals surface area contributed by atoms with Gasteiger partial charge >= 0.3 is 0 Å². The highest BCUT2D eigenvalue weighted by Crippen LogP contribution is 2.36. The van der Waals surface area contributed by atoms with Gasteiger partial charge in [0, 0.05) is 64.5 Å². The first-order chi connectivity index (χ1) is 23.8. The molecule has 224 valence electrons. The first-order valence-electron chi connectivity index (χ1n) is 17.0.